The van der Waals surface area contributed by atoms with E-state index in [4.69, 9.17) is 4.74 Å². The lowest BCUT2D eigenvalue weighted by molar-refractivity contribution is -0.123. The van der Waals surface area contributed by atoms with E-state index < -0.39 is 0 Å². The van der Waals surface area contributed by atoms with Gasteiger partial charge < -0.3 is 10.1 Å². The maximum Gasteiger partial charge on any atom is 0.220 e. The first-order chi connectivity index (χ1) is 8.11. The highest BCUT2D eigenvalue weighted by molar-refractivity contribution is 5.77. The van der Waals surface area contributed by atoms with E-state index in [0.717, 1.165) is 0 Å². The number of hydrogen-bond acceptors (Lipinski definition) is 2. The van der Waals surface area contributed by atoms with Crippen LogP contribution in [0.25, 0.3) is 0 Å². The van der Waals surface area contributed by atoms with Crippen LogP contribution in [0.1, 0.15) is 24.8 Å². The first kappa shape index (κ1) is 11.9. The molecule has 1 aliphatic heterocycles. The van der Waals surface area contributed by atoms with Gasteiger partial charge in [0, 0.05) is 24.9 Å². The number of piperidine rings is 1. The maximum absolute atomic E-state index is 13.9. The molecule has 1 aliphatic rings. The second kappa shape index (κ2) is 4.73. The minimum Gasteiger partial charge on any atom is -0.497 e. The fourth-order valence-electron chi connectivity index (χ4n) is 2.28. The van der Waals surface area contributed by atoms with Crippen molar-refractivity contribution in [2.45, 2.75) is 19.3 Å². The molecular formula is C13H16FNO2. The number of amides is 1. The molecule has 0 spiro atoms. The Morgan fingerprint density at radius 2 is 2.24 bits per heavy atom. The molecule has 2 unspecified atom stereocenters. The van der Waals surface area contributed by atoms with E-state index in [9.17, 15) is 9.18 Å². The molecule has 1 aromatic carbocycles. The molecule has 0 aliphatic carbocycles. The van der Waals surface area contributed by atoms with Crippen molar-refractivity contribution in [1.82, 2.24) is 5.32 Å². The van der Waals surface area contributed by atoms with E-state index in [2.05, 4.69) is 5.32 Å². The van der Waals surface area contributed by atoms with Gasteiger partial charge in [0.2, 0.25) is 5.91 Å². The highest BCUT2D eigenvalue weighted by atomic mass is 19.1. The van der Waals surface area contributed by atoms with Crippen LogP contribution in [0.5, 0.6) is 5.75 Å². The van der Waals surface area contributed by atoms with Gasteiger partial charge >= 0.3 is 0 Å². The van der Waals surface area contributed by atoms with Gasteiger partial charge in [0.15, 0.2) is 0 Å². The minimum atomic E-state index is -0.266. The van der Waals surface area contributed by atoms with E-state index in [-0.39, 0.29) is 23.6 Å². The molecule has 1 fully saturated rings. The smallest absolute Gasteiger partial charge is 0.220 e. The highest BCUT2D eigenvalue weighted by Crippen LogP contribution is 2.32. The van der Waals surface area contributed by atoms with Gasteiger partial charge in [-0.1, -0.05) is 13.0 Å². The van der Waals surface area contributed by atoms with Crippen molar-refractivity contribution < 1.29 is 13.9 Å². The third-order valence-corrected chi connectivity index (χ3v) is 3.32. The number of carbonyl (C=O) groups excluding carboxylic acids is 1. The average Bonchev–Trinajstić information content (AvgIpc) is 2.30. The third-order valence-electron chi connectivity index (χ3n) is 3.32. The van der Waals surface area contributed by atoms with Gasteiger partial charge in [-0.05, 0) is 17.5 Å². The summed E-state index contributed by atoms with van der Waals surface area (Å²) in [4.78, 5) is 11.2. The minimum absolute atomic E-state index is 0.0404. The molecule has 0 aromatic heterocycles. The topological polar surface area (TPSA) is 38.3 Å². The number of methoxy groups -OCH3 is 1. The Morgan fingerprint density at radius 3 is 2.82 bits per heavy atom. The summed E-state index contributed by atoms with van der Waals surface area (Å²) in [6.07, 6.45) is 0.454. The van der Waals surface area contributed by atoms with Crippen molar-refractivity contribution in [2.24, 2.45) is 5.92 Å². The summed E-state index contributed by atoms with van der Waals surface area (Å²) >= 11 is 0. The Bertz CT molecular complexity index is 433. The molecule has 1 aromatic rings. The van der Waals surface area contributed by atoms with E-state index in [0.29, 0.717) is 24.3 Å². The molecule has 0 saturated carbocycles. The van der Waals surface area contributed by atoms with Crippen molar-refractivity contribution in [2.75, 3.05) is 13.7 Å². The van der Waals surface area contributed by atoms with Crippen molar-refractivity contribution in [3.05, 3.63) is 29.6 Å². The lowest BCUT2D eigenvalue weighted by Crippen LogP contribution is -2.38. The van der Waals surface area contributed by atoms with Crippen molar-refractivity contribution >= 4 is 5.91 Å². The first-order valence-electron chi connectivity index (χ1n) is 5.72. The predicted octanol–water partition coefficient (Wildman–Crippen LogP) is 2.07. The second-order valence-corrected chi connectivity index (χ2v) is 4.48. The molecule has 1 amide bonds. The summed E-state index contributed by atoms with van der Waals surface area (Å²) in [7, 11) is 1.51. The molecule has 1 N–H and O–H groups in total. The van der Waals surface area contributed by atoms with Crippen molar-refractivity contribution in [3.63, 3.8) is 0 Å². The van der Waals surface area contributed by atoms with Gasteiger partial charge in [0.05, 0.1) is 7.11 Å². The van der Waals surface area contributed by atoms with Crippen LogP contribution >= 0.6 is 0 Å². The van der Waals surface area contributed by atoms with Crippen LogP contribution in [0.2, 0.25) is 0 Å². The van der Waals surface area contributed by atoms with E-state index in [1.54, 1.807) is 12.1 Å². The van der Waals surface area contributed by atoms with Crippen LogP contribution in [-0.2, 0) is 4.79 Å². The number of rotatable bonds is 2. The van der Waals surface area contributed by atoms with Crippen molar-refractivity contribution in [3.8, 4) is 5.75 Å². The summed E-state index contributed by atoms with van der Waals surface area (Å²) in [6.45, 7) is 2.48. The van der Waals surface area contributed by atoms with Crippen LogP contribution in [0, 0.1) is 11.7 Å². The molecular weight excluding hydrogens is 221 g/mol. The monoisotopic (exact) mass is 237 g/mol. The van der Waals surface area contributed by atoms with Crippen LogP contribution in [-0.4, -0.2) is 19.6 Å². The van der Waals surface area contributed by atoms with E-state index >= 15 is 0 Å². The number of nitrogens with one attached hydrogen (secondary N) is 1. The Hall–Kier alpha value is -1.58. The molecule has 2 rings (SSSR count). The zero-order chi connectivity index (χ0) is 12.4. The Morgan fingerprint density at radius 1 is 1.47 bits per heavy atom. The van der Waals surface area contributed by atoms with Gasteiger partial charge in [-0.3, -0.25) is 4.79 Å². The molecule has 1 heterocycles. The van der Waals surface area contributed by atoms with Crippen LogP contribution in [0.4, 0.5) is 4.39 Å². The number of benzene rings is 1. The van der Waals surface area contributed by atoms with E-state index in [1.807, 2.05) is 6.92 Å². The van der Waals surface area contributed by atoms with Crippen LogP contribution in [0.3, 0.4) is 0 Å². The summed E-state index contributed by atoms with van der Waals surface area (Å²) < 4.78 is 18.9. The van der Waals surface area contributed by atoms with Gasteiger partial charge in [-0.25, -0.2) is 4.39 Å². The molecule has 0 bridgehead atoms. The largest absolute Gasteiger partial charge is 0.497 e. The van der Waals surface area contributed by atoms with Gasteiger partial charge in [-0.2, -0.15) is 0 Å². The Labute approximate surface area is 100.0 Å². The maximum atomic E-state index is 13.9. The molecule has 92 valence electrons. The zero-order valence-electron chi connectivity index (χ0n) is 10.00. The summed E-state index contributed by atoms with van der Waals surface area (Å²) in [5.41, 5.74) is 0.651. The van der Waals surface area contributed by atoms with E-state index in [1.165, 1.54) is 13.2 Å². The Balaban J connectivity index is 2.25. The number of ether oxygens (including phenoxy) is 1. The number of halogens is 1. The molecule has 0 radical (unpaired) electrons. The molecule has 3 nitrogen and oxygen atoms in total. The normalized spacial score (nSPS) is 24.3. The highest BCUT2D eigenvalue weighted by Gasteiger charge is 2.28. The average molecular weight is 237 g/mol. The number of carbonyl (C=O) groups is 1. The second-order valence-electron chi connectivity index (χ2n) is 4.48. The molecule has 2 atom stereocenters. The third kappa shape index (κ3) is 2.40. The lowest BCUT2D eigenvalue weighted by atomic mass is 9.82. The SMILES string of the molecule is COc1ccc(C2CNC(=O)CC2C)c(F)c1. The summed E-state index contributed by atoms with van der Waals surface area (Å²) in [6, 6.07) is 4.88. The van der Waals surface area contributed by atoms with Gasteiger partial charge in [-0.15, -0.1) is 0 Å². The van der Waals surface area contributed by atoms with Gasteiger partial charge in [0.1, 0.15) is 11.6 Å². The fourth-order valence-corrected chi connectivity index (χ4v) is 2.28. The quantitative estimate of drug-likeness (QED) is 0.855. The lowest BCUT2D eigenvalue weighted by Gasteiger charge is -2.29. The molecule has 4 heteroatoms. The molecule has 17 heavy (non-hydrogen) atoms. The molecule has 1 saturated heterocycles. The first-order valence-corrected chi connectivity index (χ1v) is 5.72. The summed E-state index contributed by atoms with van der Waals surface area (Å²) in [5.74, 6) is 0.490. The fraction of sp³-hybridized carbons (Fsp3) is 0.462. The predicted molar refractivity (Wildman–Crippen MR) is 62.5 cm³/mol. The number of hydrogen-bond donors (Lipinski definition) is 1. The Kier molecular flexibility index (Phi) is 3.31. The van der Waals surface area contributed by atoms with Crippen molar-refractivity contribution in [1.29, 1.82) is 0 Å². The van der Waals surface area contributed by atoms with Crippen LogP contribution in [0.15, 0.2) is 18.2 Å². The standard InChI is InChI=1S/C13H16FNO2/c1-8-5-13(16)15-7-11(8)10-4-3-9(17-2)6-12(10)14/h3-4,6,8,11H,5,7H2,1-2H3,(H,15,16). The van der Waals surface area contributed by atoms with Gasteiger partial charge in [0.25, 0.3) is 0 Å². The zero-order valence-corrected chi connectivity index (χ0v) is 10.00. The van der Waals surface area contributed by atoms with Crippen LogP contribution < -0.4 is 10.1 Å². The summed E-state index contributed by atoms with van der Waals surface area (Å²) in [5, 5.41) is 2.78.